The zero-order valence-electron chi connectivity index (χ0n) is 17.2. The SMILES string of the molecule is CCNC(=NCC(C)(O)CN1CCOCC1)NCCCN(CC)S(C)(=O)=O. The molecule has 160 valence electrons. The highest BCUT2D eigenvalue weighted by molar-refractivity contribution is 7.88. The summed E-state index contributed by atoms with van der Waals surface area (Å²) in [5.41, 5.74) is -0.922. The van der Waals surface area contributed by atoms with Crippen molar-refractivity contribution in [2.24, 2.45) is 4.99 Å². The summed E-state index contributed by atoms with van der Waals surface area (Å²) in [6.45, 7) is 11.7. The van der Waals surface area contributed by atoms with E-state index >= 15 is 0 Å². The Labute approximate surface area is 164 Å². The van der Waals surface area contributed by atoms with Gasteiger partial charge in [-0.25, -0.2) is 12.7 Å². The molecule has 0 radical (unpaired) electrons. The first-order valence-corrected chi connectivity index (χ1v) is 11.5. The van der Waals surface area contributed by atoms with Gasteiger partial charge in [-0.1, -0.05) is 6.92 Å². The van der Waals surface area contributed by atoms with Gasteiger partial charge in [0, 0.05) is 45.8 Å². The van der Waals surface area contributed by atoms with Gasteiger partial charge in [0.25, 0.3) is 0 Å². The van der Waals surface area contributed by atoms with E-state index in [-0.39, 0.29) is 6.54 Å². The van der Waals surface area contributed by atoms with Crippen molar-refractivity contribution >= 4 is 16.0 Å². The molecule has 0 bridgehead atoms. The summed E-state index contributed by atoms with van der Waals surface area (Å²) < 4.78 is 30.0. The Morgan fingerprint density at radius 3 is 2.52 bits per heavy atom. The predicted octanol–water partition coefficient (Wildman–Crippen LogP) is -0.704. The van der Waals surface area contributed by atoms with Gasteiger partial charge >= 0.3 is 0 Å². The summed E-state index contributed by atoms with van der Waals surface area (Å²) in [7, 11) is -3.16. The maximum absolute atomic E-state index is 11.6. The molecular weight excluding hydrogens is 370 g/mol. The summed E-state index contributed by atoms with van der Waals surface area (Å²) in [4.78, 5) is 6.68. The number of nitrogens with one attached hydrogen (secondary N) is 2. The van der Waals surface area contributed by atoms with Crippen LogP contribution in [0.15, 0.2) is 4.99 Å². The molecule has 0 saturated carbocycles. The van der Waals surface area contributed by atoms with Crippen LogP contribution in [0.25, 0.3) is 0 Å². The molecule has 1 heterocycles. The van der Waals surface area contributed by atoms with Crippen LogP contribution in [-0.2, 0) is 14.8 Å². The largest absolute Gasteiger partial charge is 0.387 e. The number of β-amino-alcohol motifs (C(OH)–C–C–N with tert-alkyl or cyclic N) is 1. The maximum Gasteiger partial charge on any atom is 0.211 e. The number of sulfonamides is 1. The molecule has 0 aromatic carbocycles. The fraction of sp³-hybridized carbons (Fsp3) is 0.941. The van der Waals surface area contributed by atoms with Crippen LogP contribution in [-0.4, -0.2) is 106 Å². The molecule has 0 aliphatic carbocycles. The van der Waals surface area contributed by atoms with Crippen molar-refractivity contribution in [3.63, 3.8) is 0 Å². The Morgan fingerprint density at radius 1 is 1.30 bits per heavy atom. The van der Waals surface area contributed by atoms with E-state index in [9.17, 15) is 13.5 Å². The molecule has 1 fully saturated rings. The van der Waals surface area contributed by atoms with Gasteiger partial charge in [0.2, 0.25) is 10.0 Å². The van der Waals surface area contributed by atoms with Crippen molar-refractivity contribution in [1.29, 1.82) is 0 Å². The third kappa shape index (κ3) is 10.2. The second-order valence-corrected chi connectivity index (χ2v) is 9.10. The summed E-state index contributed by atoms with van der Waals surface area (Å²) >= 11 is 0. The van der Waals surface area contributed by atoms with Gasteiger partial charge in [-0.15, -0.1) is 0 Å². The smallest absolute Gasteiger partial charge is 0.211 e. The van der Waals surface area contributed by atoms with E-state index in [1.54, 1.807) is 6.92 Å². The zero-order chi connectivity index (χ0) is 20.3. The van der Waals surface area contributed by atoms with Crippen molar-refractivity contribution in [3.05, 3.63) is 0 Å². The van der Waals surface area contributed by atoms with Crippen LogP contribution in [0.1, 0.15) is 27.2 Å². The summed E-state index contributed by atoms with van der Waals surface area (Å²) in [5.74, 6) is 0.627. The lowest BCUT2D eigenvalue weighted by atomic mass is 10.1. The Bertz CT molecular complexity index is 548. The molecule has 1 aliphatic rings. The van der Waals surface area contributed by atoms with Crippen molar-refractivity contribution in [2.75, 3.05) is 71.8 Å². The van der Waals surface area contributed by atoms with E-state index in [0.29, 0.717) is 58.3 Å². The number of rotatable bonds is 11. The van der Waals surface area contributed by atoms with Gasteiger partial charge in [0.1, 0.15) is 0 Å². The number of morpholine rings is 1. The molecule has 3 N–H and O–H groups in total. The van der Waals surface area contributed by atoms with Gasteiger partial charge < -0.3 is 20.5 Å². The summed E-state index contributed by atoms with van der Waals surface area (Å²) in [6, 6.07) is 0. The molecule has 1 aliphatic heterocycles. The molecule has 27 heavy (non-hydrogen) atoms. The van der Waals surface area contributed by atoms with Crippen molar-refractivity contribution in [3.8, 4) is 0 Å². The van der Waals surface area contributed by atoms with Crippen LogP contribution in [0.4, 0.5) is 0 Å². The average molecular weight is 408 g/mol. The molecule has 10 heteroatoms. The number of guanidine groups is 1. The number of hydrogen-bond donors (Lipinski definition) is 3. The van der Waals surface area contributed by atoms with Gasteiger partial charge in [-0.05, 0) is 20.3 Å². The fourth-order valence-corrected chi connectivity index (χ4v) is 3.83. The number of aliphatic hydroxyl groups is 1. The highest BCUT2D eigenvalue weighted by Gasteiger charge is 2.25. The second-order valence-electron chi connectivity index (χ2n) is 7.12. The highest BCUT2D eigenvalue weighted by atomic mass is 32.2. The first-order chi connectivity index (χ1) is 12.7. The lowest BCUT2D eigenvalue weighted by Gasteiger charge is -2.33. The molecule has 1 atom stereocenters. The van der Waals surface area contributed by atoms with Gasteiger partial charge in [-0.2, -0.15) is 0 Å². The van der Waals surface area contributed by atoms with Crippen LogP contribution in [0.3, 0.4) is 0 Å². The Kier molecular flexibility index (Phi) is 10.5. The third-order valence-electron chi connectivity index (χ3n) is 4.29. The monoisotopic (exact) mass is 407 g/mol. The average Bonchev–Trinajstić information content (AvgIpc) is 2.59. The first-order valence-electron chi connectivity index (χ1n) is 9.67. The van der Waals surface area contributed by atoms with Crippen LogP contribution < -0.4 is 10.6 Å². The van der Waals surface area contributed by atoms with E-state index in [1.165, 1.54) is 10.6 Å². The highest BCUT2D eigenvalue weighted by Crippen LogP contribution is 2.09. The molecule has 1 rings (SSSR count). The van der Waals surface area contributed by atoms with Crippen LogP contribution in [0.5, 0.6) is 0 Å². The molecule has 0 amide bonds. The topological polar surface area (TPSA) is 106 Å². The van der Waals surface area contributed by atoms with Crippen molar-refractivity contribution in [2.45, 2.75) is 32.8 Å². The third-order valence-corrected chi connectivity index (χ3v) is 5.67. The summed E-state index contributed by atoms with van der Waals surface area (Å²) in [6.07, 6.45) is 1.90. The summed E-state index contributed by atoms with van der Waals surface area (Å²) in [5, 5.41) is 17.0. The quantitative estimate of drug-likeness (QED) is 0.236. The first kappa shape index (κ1) is 24.1. The van der Waals surface area contributed by atoms with E-state index in [4.69, 9.17) is 4.74 Å². The van der Waals surface area contributed by atoms with Gasteiger partial charge in [0.15, 0.2) is 5.96 Å². The van der Waals surface area contributed by atoms with Crippen LogP contribution in [0, 0.1) is 0 Å². The maximum atomic E-state index is 11.6. The van der Waals surface area contributed by atoms with E-state index in [2.05, 4.69) is 20.5 Å². The lowest BCUT2D eigenvalue weighted by molar-refractivity contribution is -0.0180. The fourth-order valence-electron chi connectivity index (χ4n) is 2.90. The number of aliphatic imine (C=N–C) groups is 1. The van der Waals surface area contributed by atoms with Crippen LogP contribution >= 0.6 is 0 Å². The minimum absolute atomic E-state index is 0.282. The standard InChI is InChI=1S/C17H37N5O4S/c1-5-18-16(19-8-7-9-22(6-2)27(4,24)25)20-14-17(3,23)15-21-10-12-26-13-11-21/h23H,5-15H2,1-4H3,(H2,18,19,20). The molecule has 1 unspecified atom stereocenters. The lowest BCUT2D eigenvalue weighted by Crippen LogP contribution is -2.48. The predicted molar refractivity (Wildman–Crippen MR) is 109 cm³/mol. The molecule has 9 nitrogen and oxygen atoms in total. The number of ether oxygens (including phenoxy) is 1. The number of nitrogens with zero attached hydrogens (tertiary/aromatic N) is 3. The van der Waals surface area contributed by atoms with E-state index < -0.39 is 15.6 Å². The molecule has 0 spiro atoms. The van der Waals surface area contributed by atoms with Gasteiger partial charge in [0.05, 0.1) is 31.6 Å². The van der Waals surface area contributed by atoms with E-state index in [0.717, 1.165) is 13.1 Å². The Balaban J connectivity index is 2.46. The molecular formula is C17H37N5O4S. The van der Waals surface area contributed by atoms with Crippen molar-refractivity contribution in [1.82, 2.24) is 19.8 Å². The van der Waals surface area contributed by atoms with Crippen molar-refractivity contribution < 1.29 is 18.3 Å². The van der Waals surface area contributed by atoms with E-state index in [1.807, 2.05) is 13.8 Å². The Morgan fingerprint density at radius 2 is 1.96 bits per heavy atom. The second kappa shape index (κ2) is 11.8. The Hall–Kier alpha value is -0.940. The molecule has 0 aromatic rings. The van der Waals surface area contributed by atoms with Gasteiger partial charge in [-0.3, -0.25) is 9.89 Å². The number of hydrogen-bond acceptors (Lipinski definition) is 6. The van der Waals surface area contributed by atoms with Crippen LogP contribution in [0.2, 0.25) is 0 Å². The normalized spacial score (nSPS) is 19.1. The zero-order valence-corrected chi connectivity index (χ0v) is 18.0. The minimum Gasteiger partial charge on any atom is -0.387 e. The molecule has 1 saturated heterocycles. The molecule has 0 aromatic heterocycles. The minimum atomic E-state index is -3.16.